The zero-order valence-corrected chi connectivity index (χ0v) is 44.3. The van der Waals surface area contributed by atoms with Crippen LogP contribution in [0.4, 0.5) is 20.3 Å². The number of aromatic amines is 1. The van der Waals surface area contributed by atoms with Crippen molar-refractivity contribution in [3.8, 4) is 5.75 Å². The Morgan fingerprint density at radius 3 is 2.38 bits per heavy atom. The standard InChI is InChI=1S/C46H58N4O9.C9H11F2N3O4/c1-8-42(54)23-28-24-45(40(52)57-6,36-30(15-19-49(25-28)26-42)29-13-10-11-14-33(29)47-36)32-21-31-34(22-35(32)56-5)48(4)38-44(31)17-20-50-18-12-16-43(9-2,37(44)50)39(59-27(3)51)46(38,55)41(53)58-7;10-9(11)6(16)4(3-15)18-7(9)14-2-1-5(12)13-8(14)17/h10-14,16,21-22,28,37-39,47,54-55H,8-9,15,17-20,23-26H2,1-7H3;1-2,4,6-7,15-16H,3H2,(H2,12,13,17)/t28-,37-,38+,39+,42-,43+,44+,45-,46-;4-,6-,7-/m01/s1. The van der Waals surface area contributed by atoms with Gasteiger partial charge in [-0.2, -0.15) is 13.8 Å². The number of hydrogen-bond donors (Lipinski definition) is 6. The zero-order valence-electron chi connectivity index (χ0n) is 44.3. The SMILES string of the molecule is CC[C@]1(O)C[C@@H]2C[N@@](CCc3c([nH]c4ccccc34)[C@@](C(=O)OC)(c3cc4c(cc3OC)N(C)[C@H]3[C@@](O)(C(=O)OC)[C@H](OC(C)=O)[C@]5(CC)C=CCN6CC[C@]43[C@@H]65)C2)C1.Nc1ccn([C@@H]2O[C@H](CO)[C@@H](O)C2(F)F)c(=O)n1. The van der Waals surface area contributed by atoms with Crippen molar-refractivity contribution in [3.63, 3.8) is 0 Å². The number of likely N-dealkylation sites (N-methyl/N-ethyl adjacent to an activating group) is 1. The molecule has 4 aromatic rings. The van der Waals surface area contributed by atoms with Gasteiger partial charge in [-0.15, -0.1) is 0 Å². The van der Waals surface area contributed by atoms with Crippen molar-refractivity contribution in [2.24, 2.45) is 11.3 Å². The second kappa shape index (κ2) is 19.4. The van der Waals surface area contributed by atoms with Gasteiger partial charge < -0.3 is 59.7 Å². The van der Waals surface area contributed by atoms with E-state index >= 15 is 4.79 Å². The van der Waals surface area contributed by atoms with Crippen LogP contribution in [0.3, 0.4) is 0 Å². The second-order valence-electron chi connectivity index (χ2n) is 22.1. The number of nitrogens with one attached hydrogen (secondary N) is 1. The molecule has 6 aliphatic heterocycles. The van der Waals surface area contributed by atoms with E-state index in [9.17, 15) is 38.5 Å². The summed E-state index contributed by atoms with van der Waals surface area (Å²) in [5, 5.41) is 44.4. The van der Waals surface area contributed by atoms with Gasteiger partial charge in [0, 0.05) is 97.1 Å². The predicted molar refractivity (Wildman–Crippen MR) is 275 cm³/mol. The Hall–Kier alpha value is -6.01. The van der Waals surface area contributed by atoms with E-state index in [2.05, 4.69) is 44.1 Å². The number of esters is 3. The number of nitrogens with zero attached hydrogens (tertiary/aromatic N) is 5. The van der Waals surface area contributed by atoms with E-state index in [1.807, 2.05) is 50.1 Å². The number of nitrogen functional groups attached to an aromatic ring is 1. The van der Waals surface area contributed by atoms with Crippen LogP contribution >= 0.6 is 0 Å². The maximum absolute atomic E-state index is 15.3. The van der Waals surface area contributed by atoms with Crippen molar-refractivity contribution < 1.29 is 67.3 Å². The number of aliphatic hydroxyl groups is 4. The number of methoxy groups -OCH3 is 3. The van der Waals surface area contributed by atoms with E-state index in [-0.39, 0.29) is 17.8 Å². The molecule has 1 aliphatic carbocycles. The van der Waals surface area contributed by atoms with Gasteiger partial charge >= 0.3 is 29.5 Å². The number of carbonyl (C=O) groups excluding carboxylic acids is 3. The number of rotatable bonds is 9. The molecule has 4 fully saturated rings. The smallest absolute Gasteiger partial charge is 0.351 e. The summed E-state index contributed by atoms with van der Waals surface area (Å²) in [7, 11) is 6.15. The fourth-order valence-electron chi connectivity index (χ4n) is 15.2. The second-order valence-corrected chi connectivity index (χ2v) is 22.1. The molecular formula is C55H69F2N7O13. The summed E-state index contributed by atoms with van der Waals surface area (Å²) in [6, 6.07) is 12.1. The molecule has 2 aromatic carbocycles. The molecule has 1 spiro atoms. The van der Waals surface area contributed by atoms with Crippen LogP contribution < -0.4 is 21.1 Å². The largest absolute Gasteiger partial charge is 0.496 e. The summed E-state index contributed by atoms with van der Waals surface area (Å²) in [5.41, 5.74) is 2.59. The molecule has 22 heteroatoms. The fraction of sp³-hybridized carbons (Fsp3) is 0.582. The number of para-hydroxylation sites is 1. The molecule has 7 N–H and O–H groups in total. The van der Waals surface area contributed by atoms with E-state index in [1.54, 1.807) is 7.11 Å². The summed E-state index contributed by atoms with van der Waals surface area (Å²) in [6.07, 6.45) is 1.26. The Morgan fingerprint density at radius 1 is 0.987 bits per heavy atom. The quantitative estimate of drug-likeness (QED) is 0.0800. The summed E-state index contributed by atoms with van der Waals surface area (Å²) < 4.78 is 56.6. The first-order valence-corrected chi connectivity index (χ1v) is 26.3. The van der Waals surface area contributed by atoms with Crippen LogP contribution in [0.2, 0.25) is 0 Å². The summed E-state index contributed by atoms with van der Waals surface area (Å²) >= 11 is 0. The first-order chi connectivity index (χ1) is 36.6. The molecule has 3 saturated heterocycles. The van der Waals surface area contributed by atoms with Gasteiger partial charge in [0.2, 0.25) is 11.8 Å². The molecule has 416 valence electrons. The van der Waals surface area contributed by atoms with E-state index in [4.69, 9.17) is 34.5 Å². The minimum atomic E-state index is -3.71. The van der Waals surface area contributed by atoms with Crippen molar-refractivity contribution in [2.45, 2.75) is 124 Å². The predicted octanol–water partition coefficient (Wildman–Crippen LogP) is 2.70. The number of benzene rings is 2. The van der Waals surface area contributed by atoms with E-state index in [0.717, 1.165) is 45.7 Å². The molecule has 77 heavy (non-hydrogen) atoms. The number of alkyl halides is 2. The fourth-order valence-corrected chi connectivity index (χ4v) is 15.2. The molecular weight excluding hydrogens is 1000 g/mol. The van der Waals surface area contributed by atoms with Gasteiger partial charge in [0.05, 0.1) is 39.6 Å². The molecule has 0 radical (unpaired) electrons. The normalized spacial score (nSPS) is 35.5. The summed E-state index contributed by atoms with van der Waals surface area (Å²) in [5.74, 6) is -5.39. The topological polar surface area (TPSA) is 265 Å². The Bertz CT molecular complexity index is 3080. The highest BCUT2D eigenvalue weighted by Crippen LogP contribution is 2.68. The Morgan fingerprint density at radius 2 is 1.73 bits per heavy atom. The zero-order chi connectivity index (χ0) is 55.4. The third-order valence-electron chi connectivity index (χ3n) is 18.3. The van der Waals surface area contributed by atoms with E-state index < -0.39 is 94.2 Å². The minimum Gasteiger partial charge on any atom is -0.496 e. The van der Waals surface area contributed by atoms with Gasteiger partial charge in [-0.25, -0.2) is 9.59 Å². The number of H-pyrrole nitrogens is 1. The molecule has 8 heterocycles. The molecule has 7 aliphatic rings. The van der Waals surface area contributed by atoms with Crippen LogP contribution in [0.15, 0.2) is 65.6 Å². The first kappa shape index (κ1) is 54.3. The average molecular weight is 1070 g/mol. The van der Waals surface area contributed by atoms with E-state index in [0.29, 0.717) is 87.1 Å². The highest BCUT2D eigenvalue weighted by molar-refractivity contribution is 5.95. The number of nitrogens with two attached hydrogens (primary N) is 1. The van der Waals surface area contributed by atoms with Gasteiger partial charge in [-0.3, -0.25) is 24.0 Å². The highest BCUT2D eigenvalue weighted by atomic mass is 19.3. The van der Waals surface area contributed by atoms with Crippen molar-refractivity contribution in [1.82, 2.24) is 24.3 Å². The number of carbonyl (C=O) groups is 3. The molecule has 0 amide bonds. The number of ether oxygens (including phenoxy) is 5. The van der Waals surface area contributed by atoms with Gasteiger partial charge in [-0.05, 0) is 80.3 Å². The van der Waals surface area contributed by atoms with Crippen molar-refractivity contribution in [3.05, 3.63) is 93.7 Å². The van der Waals surface area contributed by atoms with Crippen LogP contribution in [0.1, 0.15) is 81.5 Å². The Balaban J connectivity index is 0.000000316. The van der Waals surface area contributed by atoms with Crippen molar-refractivity contribution in [2.75, 3.05) is 78.3 Å². The average Bonchev–Trinajstić information content (AvgIpc) is 4.10. The van der Waals surface area contributed by atoms with Crippen molar-refractivity contribution in [1.29, 1.82) is 0 Å². The lowest BCUT2D eigenvalue weighted by Crippen LogP contribution is -2.81. The third kappa shape index (κ3) is 7.85. The number of halogens is 2. The van der Waals surface area contributed by atoms with Gasteiger partial charge in [0.1, 0.15) is 23.1 Å². The maximum atomic E-state index is 15.3. The Kier molecular flexibility index (Phi) is 13.7. The number of aliphatic hydroxyl groups excluding tert-OH is 2. The minimum absolute atomic E-state index is 0.0986. The lowest BCUT2D eigenvalue weighted by atomic mass is 9.47. The summed E-state index contributed by atoms with van der Waals surface area (Å²) in [4.78, 5) is 67.9. The monoisotopic (exact) mass is 1070 g/mol. The Labute approximate surface area is 443 Å². The molecule has 20 nitrogen and oxygen atoms in total. The lowest BCUT2D eigenvalue weighted by Gasteiger charge is -2.63. The van der Waals surface area contributed by atoms with Gasteiger partial charge in [0.15, 0.2) is 12.2 Å². The number of fused-ring (bicyclic) bond motifs is 6. The van der Waals surface area contributed by atoms with Crippen LogP contribution in [0.25, 0.3) is 10.9 Å². The molecule has 0 unspecified atom stereocenters. The van der Waals surface area contributed by atoms with Crippen LogP contribution in [0, 0.1) is 11.3 Å². The summed E-state index contributed by atoms with van der Waals surface area (Å²) in [6.45, 7) is 7.84. The highest BCUT2D eigenvalue weighted by Gasteiger charge is 2.80. The van der Waals surface area contributed by atoms with Gasteiger partial charge in [0.25, 0.3) is 0 Å². The van der Waals surface area contributed by atoms with Crippen LogP contribution in [-0.4, -0.2) is 178 Å². The molecule has 2 bridgehead atoms. The third-order valence-corrected chi connectivity index (χ3v) is 18.3. The lowest BCUT2D eigenvalue weighted by molar-refractivity contribution is -0.228. The number of hydrogen-bond acceptors (Lipinski definition) is 18. The molecule has 1 saturated carbocycles. The van der Waals surface area contributed by atoms with Gasteiger partial charge in [-0.1, -0.05) is 44.2 Å². The maximum Gasteiger partial charge on any atom is 0.351 e. The number of piperidine rings is 1. The first-order valence-electron chi connectivity index (χ1n) is 26.3. The molecule has 13 atom stereocenters. The van der Waals surface area contributed by atoms with Crippen molar-refractivity contribution >= 4 is 40.3 Å². The number of anilines is 2. The molecule has 2 aromatic heterocycles. The van der Waals surface area contributed by atoms with E-state index in [1.165, 1.54) is 21.1 Å². The number of aromatic nitrogens is 3. The molecule has 11 rings (SSSR count). The van der Waals surface area contributed by atoms with Crippen LogP contribution in [-0.2, 0) is 50.6 Å². The van der Waals surface area contributed by atoms with Crippen LogP contribution in [0.5, 0.6) is 5.75 Å².